The number of halogens is 1. The Labute approximate surface area is 99.2 Å². The van der Waals surface area contributed by atoms with Crippen LogP contribution in [0.15, 0.2) is 29.2 Å². The normalized spacial score (nSPS) is 9.20. The van der Waals surface area contributed by atoms with Crippen molar-refractivity contribution in [3.05, 3.63) is 29.3 Å². The van der Waals surface area contributed by atoms with Gasteiger partial charge in [0.2, 0.25) is 0 Å². The number of carbonyl (C=O) groups excluding carboxylic acids is 1. The van der Waals surface area contributed by atoms with E-state index in [1.54, 1.807) is 6.92 Å². The van der Waals surface area contributed by atoms with Crippen molar-refractivity contribution in [3.63, 3.8) is 0 Å². The first-order chi connectivity index (χ1) is 7.22. The van der Waals surface area contributed by atoms with Crippen molar-refractivity contribution < 1.29 is 4.79 Å². The largest absolute Gasteiger partial charge is 0.298 e. The van der Waals surface area contributed by atoms with Gasteiger partial charge in [-0.25, -0.2) is 0 Å². The summed E-state index contributed by atoms with van der Waals surface area (Å²) in [6.45, 7) is 1.73. The first-order valence-electron chi connectivity index (χ1n) is 4.52. The zero-order valence-electron chi connectivity index (χ0n) is 8.42. The van der Waals surface area contributed by atoms with E-state index in [-0.39, 0.29) is 5.78 Å². The molecule has 0 atom stereocenters. The summed E-state index contributed by atoms with van der Waals surface area (Å²) >= 11 is 7.31. The summed E-state index contributed by atoms with van der Waals surface area (Å²) < 4.78 is 0. The van der Waals surface area contributed by atoms with E-state index >= 15 is 0 Å². The number of rotatable bonds is 4. The lowest BCUT2D eigenvalue weighted by Crippen LogP contribution is -1.98. The molecule has 15 heavy (non-hydrogen) atoms. The van der Waals surface area contributed by atoms with Crippen LogP contribution in [0.2, 0.25) is 5.02 Å². The van der Waals surface area contributed by atoms with Gasteiger partial charge in [-0.15, -0.1) is 17.7 Å². The first kappa shape index (κ1) is 12.2. The molecule has 3 heteroatoms. The zero-order chi connectivity index (χ0) is 11.1. The number of benzene rings is 1. The molecule has 0 aliphatic rings. The van der Waals surface area contributed by atoms with E-state index in [4.69, 9.17) is 11.6 Å². The molecule has 1 nitrogen and oxygen atoms in total. The van der Waals surface area contributed by atoms with E-state index in [0.717, 1.165) is 4.90 Å². The second kappa shape index (κ2) is 6.55. The van der Waals surface area contributed by atoms with E-state index in [9.17, 15) is 4.79 Å². The van der Waals surface area contributed by atoms with Crippen LogP contribution in [0.3, 0.4) is 0 Å². The molecule has 0 radical (unpaired) electrons. The van der Waals surface area contributed by atoms with Crippen LogP contribution in [0.25, 0.3) is 0 Å². The summed E-state index contributed by atoms with van der Waals surface area (Å²) in [4.78, 5) is 12.3. The van der Waals surface area contributed by atoms with Crippen molar-refractivity contribution >= 4 is 29.1 Å². The fraction of sp³-hybridized carbons (Fsp3) is 0.250. The predicted molar refractivity (Wildman–Crippen MR) is 65.3 cm³/mol. The average molecular weight is 239 g/mol. The summed E-state index contributed by atoms with van der Waals surface area (Å²) in [7, 11) is 0. The van der Waals surface area contributed by atoms with Gasteiger partial charge in [0.05, 0.1) is 12.2 Å². The van der Waals surface area contributed by atoms with Crippen LogP contribution in [0.1, 0.15) is 13.3 Å². The van der Waals surface area contributed by atoms with Crippen LogP contribution in [0.4, 0.5) is 0 Å². The van der Waals surface area contributed by atoms with E-state index in [1.807, 2.05) is 24.3 Å². The molecule has 0 N–H and O–H groups in total. The number of hydrogen-bond donors (Lipinski definition) is 0. The fourth-order valence-corrected chi connectivity index (χ4v) is 2.03. The molecule has 0 fully saturated rings. The molecule has 0 amide bonds. The second-order valence-electron chi connectivity index (χ2n) is 2.89. The van der Waals surface area contributed by atoms with Crippen molar-refractivity contribution in [2.75, 3.05) is 5.75 Å². The van der Waals surface area contributed by atoms with Crippen molar-refractivity contribution in [1.82, 2.24) is 0 Å². The van der Waals surface area contributed by atoms with Gasteiger partial charge in [0.1, 0.15) is 0 Å². The van der Waals surface area contributed by atoms with Gasteiger partial charge in [0.25, 0.3) is 0 Å². The third-order valence-electron chi connectivity index (χ3n) is 1.66. The van der Waals surface area contributed by atoms with Crippen LogP contribution in [0, 0.1) is 11.8 Å². The van der Waals surface area contributed by atoms with Gasteiger partial charge >= 0.3 is 0 Å². The molecule has 0 aromatic heterocycles. The highest BCUT2D eigenvalue weighted by atomic mass is 35.5. The number of Topliss-reactive ketones (excluding diaryl/α,β-unsaturated/α-hetero) is 1. The molecule has 0 bridgehead atoms. The summed E-state index contributed by atoms with van der Waals surface area (Å²) in [6.07, 6.45) is 0.337. The minimum Gasteiger partial charge on any atom is -0.298 e. The summed E-state index contributed by atoms with van der Waals surface area (Å²) in [6, 6.07) is 7.48. The Hall–Kier alpha value is -0.910. The summed E-state index contributed by atoms with van der Waals surface area (Å²) in [5.41, 5.74) is 0. The molecule has 0 saturated heterocycles. The molecular formula is C12H11ClOS. The van der Waals surface area contributed by atoms with Crippen molar-refractivity contribution in [2.24, 2.45) is 0 Å². The number of ketones is 1. The van der Waals surface area contributed by atoms with Gasteiger partial charge in [-0.3, -0.25) is 4.79 Å². The van der Waals surface area contributed by atoms with Gasteiger partial charge in [0, 0.05) is 9.92 Å². The van der Waals surface area contributed by atoms with Crippen molar-refractivity contribution in [3.8, 4) is 11.8 Å². The second-order valence-corrected chi connectivity index (χ2v) is 4.37. The third-order valence-corrected chi connectivity index (χ3v) is 2.95. The maximum Gasteiger partial charge on any atom is 0.154 e. The molecule has 0 saturated carbocycles. The molecule has 78 valence electrons. The topological polar surface area (TPSA) is 17.1 Å². The molecule has 0 aliphatic heterocycles. The smallest absolute Gasteiger partial charge is 0.154 e. The molecule has 0 heterocycles. The number of hydrogen-bond acceptors (Lipinski definition) is 2. The van der Waals surface area contributed by atoms with Crippen LogP contribution in [-0.2, 0) is 4.79 Å². The molecule has 1 aromatic rings. The Morgan fingerprint density at radius 3 is 3.00 bits per heavy atom. The average Bonchev–Trinajstić information content (AvgIpc) is 2.23. The van der Waals surface area contributed by atoms with Crippen LogP contribution in [0.5, 0.6) is 0 Å². The van der Waals surface area contributed by atoms with E-state index < -0.39 is 0 Å². The lowest BCUT2D eigenvalue weighted by Gasteiger charge is -1.99. The molecule has 0 unspecified atom stereocenters. The summed E-state index contributed by atoms with van der Waals surface area (Å²) in [5, 5.41) is 0.695. The molecule has 1 rings (SSSR count). The van der Waals surface area contributed by atoms with Gasteiger partial charge in [-0.2, -0.15) is 0 Å². The minimum atomic E-state index is 0.148. The standard InChI is InChI=1S/C12H11ClOS/c1-2-3-6-11(14)9-15-12-7-4-5-10(13)8-12/h4-5,7-8H,6,9H2,1H3. The number of carbonyl (C=O) groups is 1. The Kier molecular flexibility index (Phi) is 5.31. The van der Waals surface area contributed by atoms with Gasteiger partial charge < -0.3 is 0 Å². The van der Waals surface area contributed by atoms with Crippen LogP contribution < -0.4 is 0 Å². The molecule has 0 aliphatic carbocycles. The van der Waals surface area contributed by atoms with Crippen LogP contribution in [-0.4, -0.2) is 11.5 Å². The molecule has 1 aromatic carbocycles. The summed E-state index contributed by atoms with van der Waals surface area (Å²) in [5.74, 6) is 6.06. The minimum absolute atomic E-state index is 0.148. The highest BCUT2D eigenvalue weighted by Crippen LogP contribution is 2.21. The highest BCUT2D eigenvalue weighted by Gasteiger charge is 2.01. The van der Waals surface area contributed by atoms with Crippen LogP contribution >= 0.6 is 23.4 Å². The van der Waals surface area contributed by atoms with Crippen molar-refractivity contribution in [1.29, 1.82) is 0 Å². The number of thioether (sulfide) groups is 1. The Morgan fingerprint density at radius 1 is 1.53 bits per heavy atom. The Morgan fingerprint density at radius 2 is 2.33 bits per heavy atom. The predicted octanol–water partition coefficient (Wildman–Crippen LogP) is 3.41. The highest BCUT2D eigenvalue weighted by molar-refractivity contribution is 8.00. The lowest BCUT2D eigenvalue weighted by molar-refractivity contribution is -0.115. The zero-order valence-corrected chi connectivity index (χ0v) is 9.99. The monoisotopic (exact) mass is 238 g/mol. The Bertz CT molecular complexity index is 404. The van der Waals surface area contributed by atoms with Gasteiger partial charge in [0.15, 0.2) is 5.78 Å². The fourth-order valence-electron chi connectivity index (χ4n) is 0.959. The van der Waals surface area contributed by atoms with Gasteiger partial charge in [-0.05, 0) is 25.1 Å². The molecule has 0 spiro atoms. The van der Waals surface area contributed by atoms with E-state index in [0.29, 0.717) is 17.2 Å². The SMILES string of the molecule is CC#CCC(=O)CSc1cccc(Cl)c1. The van der Waals surface area contributed by atoms with E-state index in [1.165, 1.54) is 11.8 Å². The lowest BCUT2D eigenvalue weighted by atomic mass is 10.3. The molecular weight excluding hydrogens is 228 g/mol. The Balaban J connectivity index is 2.42. The van der Waals surface area contributed by atoms with E-state index in [2.05, 4.69) is 11.8 Å². The third kappa shape index (κ3) is 4.92. The maximum absolute atomic E-state index is 11.3. The quantitative estimate of drug-likeness (QED) is 0.591. The first-order valence-corrected chi connectivity index (χ1v) is 5.88. The van der Waals surface area contributed by atoms with Crippen molar-refractivity contribution in [2.45, 2.75) is 18.2 Å². The van der Waals surface area contributed by atoms with Gasteiger partial charge in [-0.1, -0.05) is 23.6 Å². The maximum atomic E-state index is 11.3.